The van der Waals surface area contributed by atoms with Crippen molar-refractivity contribution in [2.24, 2.45) is 0 Å². The SMILES string of the molecule is Sc1cc2ccc1CCc1ccc(cc1)CC2. The summed E-state index contributed by atoms with van der Waals surface area (Å²) in [5.74, 6) is 0. The van der Waals surface area contributed by atoms with Crippen LogP contribution in [-0.2, 0) is 25.7 Å². The zero-order valence-corrected chi connectivity index (χ0v) is 10.7. The van der Waals surface area contributed by atoms with Gasteiger partial charge in [-0.3, -0.25) is 0 Å². The Morgan fingerprint density at radius 3 is 1.82 bits per heavy atom. The summed E-state index contributed by atoms with van der Waals surface area (Å²) in [7, 11) is 0. The minimum Gasteiger partial charge on any atom is -0.143 e. The van der Waals surface area contributed by atoms with Crippen LogP contribution >= 0.6 is 12.6 Å². The van der Waals surface area contributed by atoms with E-state index in [2.05, 4.69) is 55.1 Å². The quantitative estimate of drug-likeness (QED) is 0.664. The van der Waals surface area contributed by atoms with Gasteiger partial charge in [0.05, 0.1) is 0 Å². The fourth-order valence-electron chi connectivity index (χ4n) is 2.42. The maximum atomic E-state index is 4.60. The monoisotopic (exact) mass is 240 g/mol. The Morgan fingerprint density at radius 2 is 1.18 bits per heavy atom. The van der Waals surface area contributed by atoms with E-state index < -0.39 is 0 Å². The number of hydrogen-bond donors (Lipinski definition) is 1. The summed E-state index contributed by atoms with van der Waals surface area (Å²) >= 11 is 4.60. The molecule has 0 atom stereocenters. The number of rotatable bonds is 0. The molecule has 0 amide bonds. The Hall–Kier alpha value is -1.21. The largest absolute Gasteiger partial charge is 0.143 e. The van der Waals surface area contributed by atoms with Crippen molar-refractivity contribution >= 4 is 12.6 Å². The lowest BCUT2D eigenvalue weighted by Crippen LogP contribution is -1.98. The van der Waals surface area contributed by atoms with Gasteiger partial charge in [-0.05, 0) is 54.0 Å². The van der Waals surface area contributed by atoms with Crippen LogP contribution in [0.5, 0.6) is 0 Å². The first-order valence-corrected chi connectivity index (χ1v) is 6.64. The van der Waals surface area contributed by atoms with Crippen LogP contribution in [0.15, 0.2) is 47.4 Å². The highest BCUT2D eigenvalue weighted by atomic mass is 32.1. The van der Waals surface area contributed by atoms with E-state index in [0.717, 1.165) is 30.6 Å². The van der Waals surface area contributed by atoms with Crippen molar-refractivity contribution < 1.29 is 0 Å². The predicted octanol–water partition coefficient (Wildman–Crippen LogP) is 3.86. The van der Waals surface area contributed by atoms with Crippen molar-refractivity contribution in [1.29, 1.82) is 0 Å². The first kappa shape index (κ1) is 10.9. The van der Waals surface area contributed by atoms with Gasteiger partial charge < -0.3 is 0 Å². The summed E-state index contributed by atoms with van der Waals surface area (Å²) in [5, 5.41) is 0. The second-order valence-corrected chi connectivity index (χ2v) is 5.26. The van der Waals surface area contributed by atoms with E-state index in [1.54, 1.807) is 0 Å². The molecule has 0 aliphatic heterocycles. The minimum atomic E-state index is 1.08. The first-order chi connectivity index (χ1) is 8.31. The highest BCUT2D eigenvalue weighted by molar-refractivity contribution is 7.80. The molecule has 0 saturated heterocycles. The number of hydrogen-bond acceptors (Lipinski definition) is 1. The topological polar surface area (TPSA) is 0 Å². The molecule has 0 radical (unpaired) electrons. The Labute approximate surface area is 108 Å². The van der Waals surface area contributed by atoms with Crippen LogP contribution in [0.25, 0.3) is 0 Å². The van der Waals surface area contributed by atoms with E-state index in [9.17, 15) is 0 Å². The van der Waals surface area contributed by atoms with E-state index in [4.69, 9.17) is 0 Å². The third kappa shape index (κ3) is 2.39. The fraction of sp³-hybridized carbons (Fsp3) is 0.250. The lowest BCUT2D eigenvalue weighted by Gasteiger charge is -2.11. The van der Waals surface area contributed by atoms with Gasteiger partial charge in [0.15, 0.2) is 0 Å². The van der Waals surface area contributed by atoms with Crippen LogP contribution in [0.3, 0.4) is 0 Å². The zero-order valence-electron chi connectivity index (χ0n) is 9.82. The molecule has 0 fully saturated rings. The minimum absolute atomic E-state index is 1.08. The fourth-order valence-corrected chi connectivity index (χ4v) is 2.77. The van der Waals surface area contributed by atoms with Crippen LogP contribution in [0.1, 0.15) is 22.3 Å². The summed E-state index contributed by atoms with van der Waals surface area (Å²) < 4.78 is 0. The number of thiol groups is 1. The average Bonchev–Trinajstić information content (AvgIpc) is 2.34. The van der Waals surface area contributed by atoms with Gasteiger partial charge in [-0.1, -0.05) is 36.4 Å². The predicted molar refractivity (Wildman–Crippen MR) is 75.0 cm³/mol. The normalized spacial score (nSPS) is 14.4. The highest BCUT2D eigenvalue weighted by Gasteiger charge is 2.05. The molecule has 0 N–H and O–H groups in total. The summed E-state index contributed by atoms with van der Waals surface area (Å²) in [6, 6.07) is 15.8. The van der Waals surface area contributed by atoms with Crippen LogP contribution in [0.2, 0.25) is 0 Å². The second kappa shape index (κ2) is 4.58. The number of benzene rings is 2. The molecule has 0 aromatic heterocycles. The van der Waals surface area contributed by atoms with Gasteiger partial charge in [-0.15, -0.1) is 12.6 Å². The molecule has 0 nitrogen and oxygen atoms in total. The third-order valence-corrected chi connectivity index (χ3v) is 3.97. The smallest absolute Gasteiger partial charge is 0.00748 e. The molecular formula is C16H16S. The maximum absolute atomic E-state index is 4.60. The average molecular weight is 240 g/mol. The Balaban J connectivity index is 2.00. The molecule has 0 saturated carbocycles. The Morgan fingerprint density at radius 1 is 0.647 bits per heavy atom. The number of aryl methyl sites for hydroxylation is 4. The van der Waals surface area contributed by atoms with Gasteiger partial charge in [0, 0.05) is 4.90 Å². The molecule has 0 unspecified atom stereocenters. The van der Waals surface area contributed by atoms with E-state index >= 15 is 0 Å². The molecule has 1 heteroatoms. The van der Waals surface area contributed by atoms with Crippen molar-refractivity contribution in [2.45, 2.75) is 30.6 Å². The van der Waals surface area contributed by atoms with Gasteiger partial charge in [0.2, 0.25) is 0 Å². The summed E-state index contributed by atoms with van der Waals surface area (Å²) in [6.07, 6.45) is 4.41. The van der Waals surface area contributed by atoms with Crippen LogP contribution in [-0.4, -0.2) is 0 Å². The maximum Gasteiger partial charge on any atom is 0.00748 e. The molecule has 4 aliphatic rings. The van der Waals surface area contributed by atoms with Crippen molar-refractivity contribution in [3.63, 3.8) is 0 Å². The Bertz CT molecular complexity index is 526. The molecule has 0 spiro atoms. The van der Waals surface area contributed by atoms with Gasteiger partial charge in [-0.2, -0.15) is 0 Å². The van der Waals surface area contributed by atoms with Crippen molar-refractivity contribution in [1.82, 2.24) is 0 Å². The van der Waals surface area contributed by atoms with Gasteiger partial charge in [0.1, 0.15) is 0 Å². The summed E-state index contributed by atoms with van der Waals surface area (Å²) in [6.45, 7) is 0. The van der Waals surface area contributed by atoms with Crippen molar-refractivity contribution in [3.8, 4) is 0 Å². The zero-order chi connectivity index (χ0) is 11.7. The lowest BCUT2D eigenvalue weighted by atomic mass is 9.97. The summed E-state index contributed by atoms with van der Waals surface area (Å²) in [4.78, 5) is 1.15. The van der Waals surface area contributed by atoms with Crippen molar-refractivity contribution in [2.75, 3.05) is 0 Å². The molecule has 2 aromatic carbocycles. The highest BCUT2D eigenvalue weighted by Crippen LogP contribution is 2.21. The van der Waals surface area contributed by atoms with Gasteiger partial charge in [-0.25, -0.2) is 0 Å². The van der Waals surface area contributed by atoms with Crippen LogP contribution in [0, 0.1) is 0 Å². The molecule has 4 aliphatic carbocycles. The van der Waals surface area contributed by atoms with Crippen molar-refractivity contribution in [3.05, 3.63) is 64.7 Å². The lowest BCUT2D eigenvalue weighted by molar-refractivity contribution is 0.901. The van der Waals surface area contributed by atoms with E-state index in [1.165, 1.54) is 22.3 Å². The molecule has 0 heterocycles. The van der Waals surface area contributed by atoms with Crippen LogP contribution in [0.4, 0.5) is 0 Å². The second-order valence-electron chi connectivity index (χ2n) is 4.78. The molecule has 17 heavy (non-hydrogen) atoms. The molecule has 86 valence electrons. The van der Waals surface area contributed by atoms with E-state index in [-0.39, 0.29) is 0 Å². The first-order valence-electron chi connectivity index (χ1n) is 6.20. The van der Waals surface area contributed by atoms with Crippen LogP contribution < -0.4 is 0 Å². The van der Waals surface area contributed by atoms with Gasteiger partial charge >= 0.3 is 0 Å². The molecule has 4 bridgehead atoms. The van der Waals surface area contributed by atoms with Gasteiger partial charge in [0.25, 0.3) is 0 Å². The standard InChI is InChI=1S/C16H16S/c17-16-11-14-6-5-12-1-3-13(4-2-12)7-9-15(16)10-8-14/h1-4,8,10-11,17H,5-7,9H2. The molecular weight excluding hydrogens is 224 g/mol. The molecule has 2 aromatic rings. The molecule has 6 rings (SSSR count). The Kier molecular flexibility index (Phi) is 2.94. The van der Waals surface area contributed by atoms with E-state index in [0.29, 0.717) is 0 Å². The summed E-state index contributed by atoms with van der Waals surface area (Å²) in [5.41, 5.74) is 5.61. The third-order valence-electron chi connectivity index (χ3n) is 3.56. The van der Waals surface area contributed by atoms with E-state index in [1.807, 2.05) is 0 Å².